The molecule has 0 atom stereocenters. The molecular weight excluding hydrogens is 739 g/mol. The molecule has 1 aliphatic heterocycles. The van der Waals surface area contributed by atoms with Gasteiger partial charge in [-0.05, 0) is 136 Å². The van der Waals surface area contributed by atoms with Crippen molar-refractivity contribution in [3.63, 3.8) is 0 Å². The summed E-state index contributed by atoms with van der Waals surface area (Å²) in [5.74, 6) is 0. The number of hydrogen-bond donors (Lipinski definition) is 0. The van der Waals surface area contributed by atoms with Crippen molar-refractivity contribution in [1.29, 1.82) is 0 Å². The van der Waals surface area contributed by atoms with E-state index in [0.717, 1.165) is 0 Å². The van der Waals surface area contributed by atoms with Gasteiger partial charge in [-0.1, -0.05) is 174 Å². The fraction of sp³-hybridized carbons (Fsp3) is 0. The molecule has 1 aliphatic rings. The normalized spacial score (nSPS) is 12.7. The molecule has 2 heteroatoms. The van der Waals surface area contributed by atoms with Gasteiger partial charge in [0.05, 0.1) is 20.6 Å². The highest BCUT2D eigenvalue weighted by atomic mass is 28.2. The Morgan fingerprint density at radius 1 is 0.267 bits per heavy atom. The Hall–Kier alpha value is -7.52. The van der Waals surface area contributed by atoms with Gasteiger partial charge in [0.2, 0.25) is 0 Å². The second-order valence-electron chi connectivity index (χ2n) is 16.4. The van der Waals surface area contributed by atoms with Gasteiger partial charge in [0, 0.05) is 16.5 Å². The van der Waals surface area contributed by atoms with Crippen molar-refractivity contribution in [2.75, 3.05) is 0 Å². The molecule has 60 heavy (non-hydrogen) atoms. The molecule has 1 aromatic heterocycles. The molecule has 0 amide bonds. The summed E-state index contributed by atoms with van der Waals surface area (Å²) < 4.78 is 2.52. The van der Waals surface area contributed by atoms with Crippen LogP contribution in [0.1, 0.15) is 0 Å². The largest absolute Gasteiger partial charge is 0.309 e. The van der Waals surface area contributed by atoms with E-state index in [-0.39, 0.29) is 0 Å². The number of benzene rings is 11. The van der Waals surface area contributed by atoms with Crippen molar-refractivity contribution in [1.82, 2.24) is 4.57 Å². The highest BCUT2D eigenvalue weighted by Gasteiger charge is 2.22. The predicted octanol–water partition coefficient (Wildman–Crippen LogP) is 13.5. The monoisotopic (exact) mass is 775 g/mol. The number of rotatable bonds is 4. The van der Waals surface area contributed by atoms with Gasteiger partial charge in [0.15, 0.2) is 0 Å². The van der Waals surface area contributed by atoms with Crippen molar-refractivity contribution in [3.8, 4) is 50.2 Å². The molecule has 0 aliphatic carbocycles. The van der Waals surface area contributed by atoms with E-state index >= 15 is 0 Å². The van der Waals surface area contributed by atoms with E-state index in [2.05, 4.69) is 217 Å². The molecule has 0 saturated heterocycles. The van der Waals surface area contributed by atoms with Crippen LogP contribution in [-0.4, -0.2) is 14.1 Å². The SMILES string of the molecule is c1ccc(-c2ccc3c(c2)[SiH2]c2cc(-n4c5ccc(-c6cc7ccccc7c7ccccc67)cc5c5cc(-c6cc7ccccc7c7ccccc67)ccc54)ccc2-3)cc1. The van der Waals surface area contributed by atoms with Crippen LogP contribution in [0.4, 0.5) is 0 Å². The van der Waals surface area contributed by atoms with E-state index in [1.54, 1.807) is 0 Å². The third-order valence-electron chi connectivity index (χ3n) is 13.2. The molecule has 1 nitrogen and oxygen atoms in total. The van der Waals surface area contributed by atoms with Crippen molar-refractivity contribution in [3.05, 3.63) is 212 Å². The van der Waals surface area contributed by atoms with Crippen molar-refractivity contribution < 1.29 is 0 Å². The summed E-state index contributed by atoms with van der Waals surface area (Å²) in [6.45, 7) is 0. The molecule has 0 spiro atoms. The lowest BCUT2D eigenvalue weighted by Gasteiger charge is -2.13. The first kappa shape index (κ1) is 33.4. The van der Waals surface area contributed by atoms with Crippen LogP contribution in [0.5, 0.6) is 0 Å². The van der Waals surface area contributed by atoms with Gasteiger partial charge in [-0.25, -0.2) is 0 Å². The maximum absolute atomic E-state index is 2.52. The summed E-state index contributed by atoms with van der Waals surface area (Å²) in [7, 11) is -0.670. The maximum atomic E-state index is 2.52. The summed E-state index contributed by atoms with van der Waals surface area (Å²) in [4.78, 5) is 0. The second kappa shape index (κ2) is 13.0. The molecule has 0 unspecified atom stereocenters. The van der Waals surface area contributed by atoms with Crippen LogP contribution in [0.3, 0.4) is 0 Å². The van der Waals surface area contributed by atoms with Crippen LogP contribution >= 0.6 is 0 Å². The summed E-state index contributed by atoms with van der Waals surface area (Å²) in [5.41, 5.74) is 14.1. The molecule has 0 saturated carbocycles. The minimum absolute atomic E-state index is 0.670. The molecule has 0 N–H and O–H groups in total. The first-order valence-electron chi connectivity index (χ1n) is 21.0. The molecule has 0 bridgehead atoms. The molecule has 0 radical (unpaired) electrons. The van der Waals surface area contributed by atoms with E-state index in [9.17, 15) is 0 Å². The molecule has 0 fully saturated rings. The second-order valence-corrected chi connectivity index (χ2v) is 18.3. The Labute approximate surface area is 350 Å². The molecule has 2 heterocycles. The lowest BCUT2D eigenvalue weighted by molar-refractivity contribution is 1.18. The molecule has 11 aromatic carbocycles. The zero-order chi connectivity index (χ0) is 39.3. The van der Waals surface area contributed by atoms with Crippen LogP contribution in [0.25, 0.3) is 115 Å². The van der Waals surface area contributed by atoms with Crippen LogP contribution < -0.4 is 10.4 Å². The number of fused-ring (bicyclic) bond motifs is 12. The lowest BCUT2D eigenvalue weighted by Crippen LogP contribution is -2.21. The summed E-state index contributed by atoms with van der Waals surface area (Å²) >= 11 is 0. The Kier molecular flexibility index (Phi) is 7.24. The Balaban J connectivity index is 1.03. The van der Waals surface area contributed by atoms with E-state index in [0.29, 0.717) is 0 Å². The van der Waals surface area contributed by atoms with E-state index in [1.807, 2.05) is 0 Å². The van der Waals surface area contributed by atoms with Gasteiger partial charge in [0.25, 0.3) is 0 Å². The molecule has 13 rings (SSSR count). The van der Waals surface area contributed by atoms with Gasteiger partial charge in [0.1, 0.15) is 0 Å². The fourth-order valence-electron chi connectivity index (χ4n) is 10.4. The van der Waals surface area contributed by atoms with Gasteiger partial charge in [-0.15, -0.1) is 0 Å². The van der Waals surface area contributed by atoms with E-state index in [1.165, 1.54) is 125 Å². The minimum atomic E-state index is -0.670. The van der Waals surface area contributed by atoms with Crippen molar-refractivity contribution in [2.24, 2.45) is 0 Å². The van der Waals surface area contributed by atoms with Crippen molar-refractivity contribution >= 4 is 84.8 Å². The number of aromatic nitrogens is 1. The van der Waals surface area contributed by atoms with Crippen LogP contribution in [0.15, 0.2) is 212 Å². The quantitative estimate of drug-likeness (QED) is 0.124. The van der Waals surface area contributed by atoms with Gasteiger partial charge in [-0.2, -0.15) is 0 Å². The zero-order valence-electron chi connectivity index (χ0n) is 32.9. The highest BCUT2D eigenvalue weighted by molar-refractivity contribution is 6.73. The molecule has 278 valence electrons. The predicted molar refractivity (Wildman–Crippen MR) is 260 cm³/mol. The average Bonchev–Trinajstić information content (AvgIpc) is 3.85. The summed E-state index contributed by atoms with van der Waals surface area (Å²) in [6, 6.07) is 79.5. The molecular formula is C58H37NSi. The lowest BCUT2D eigenvalue weighted by atomic mass is 9.92. The Bertz CT molecular complexity index is 3570. The first-order chi connectivity index (χ1) is 29.7. The standard InChI is InChI=1S/C58H37NSi/c1-2-12-36(13-3-1)37-22-26-49-50-27-25-42(35-58(50)60-57(49)34-37)59-55-28-23-40(51-30-38-14-4-6-16-43(38)45-18-8-10-20-47(45)51)32-53(55)54-33-41(24-29-56(54)59)52-31-39-15-5-7-17-44(39)46-19-9-11-21-48(46)52/h1-35H,60H2. The van der Waals surface area contributed by atoms with Crippen LogP contribution in [0, 0.1) is 0 Å². The number of hydrogen-bond acceptors (Lipinski definition) is 0. The first-order valence-corrected chi connectivity index (χ1v) is 22.4. The number of nitrogens with zero attached hydrogens (tertiary/aromatic N) is 1. The minimum Gasteiger partial charge on any atom is -0.309 e. The fourth-order valence-corrected chi connectivity index (χ4v) is 12.4. The Morgan fingerprint density at radius 3 is 1.32 bits per heavy atom. The van der Waals surface area contributed by atoms with Crippen molar-refractivity contribution in [2.45, 2.75) is 0 Å². The highest BCUT2D eigenvalue weighted by Crippen LogP contribution is 2.42. The third-order valence-corrected chi connectivity index (χ3v) is 15.1. The summed E-state index contributed by atoms with van der Waals surface area (Å²) in [6.07, 6.45) is 0. The molecule has 12 aromatic rings. The third kappa shape index (κ3) is 5.05. The van der Waals surface area contributed by atoms with E-state index < -0.39 is 9.52 Å². The van der Waals surface area contributed by atoms with Gasteiger partial charge in [-0.3, -0.25) is 0 Å². The van der Waals surface area contributed by atoms with Crippen LogP contribution in [0.2, 0.25) is 0 Å². The van der Waals surface area contributed by atoms with Crippen LogP contribution in [-0.2, 0) is 0 Å². The van der Waals surface area contributed by atoms with Gasteiger partial charge < -0.3 is 4.57 Å². The smallest absolute Gasteiger partial charge is 0.0892 e. The van der Waals surface area contributed by atoms with E-state index in [4.69, 9.17) is 0 Å². The summed E-state index contributed by atoms with van der Waals surface area (Å²) in [5, 5.41) is 15.8. The maximum Gasteiger partial charge on any atom is 0.0892 e. The van der Waals surface area contributed by atoms with Gasteiger partial charge >= 0.3 is 0 Å². The Morgan fingerprint density at radius 2 is 0.733 bits per heavy atom. The topological polar surface area (TPSA) is 4.93 Å². The zero-order valence-corrected chi connectivity index (χ0v) is 34.3. The average molecular weight is 776 g/mol.